The first kappa shape index (κ1) is 15.0. The van der Waals surface area contributed by atoms with Crippen molar-refractivity contribution in [2.75, 3.05) is 7.11 Å². The molecular formula is C15H17F3O2. The Labute approximate surface area is 115 Å². The number of hydrogen-bond donors (Lipinski definition) is 0. The Morgan fingerprint density at radius 3 is 2.55 bits per heavy atom. The summed E-state index contributed by atoms with van der Waals surface area (Å²) < 4.78 is 43.1. The second-order valence-electron chi connectivity index (χ2n) is 5.33. The van der Waals surface area contributed by atoms with Gasteiger partial charge in [0.2, 0.25) is 0 Å². The van der Waals surface area contributed by atoms with Crippen LogP contribution in [0, 0.1) is 0 Å². The van der Waals surface area contributed by atoms with E-state index in [2.05, 4.69) is 0 Å². The molecular weight excluding hydrogens is 269 g/mol. The van der Waals surface area contributed by atoms with Gasteiger partial charge in [-0.3, -0.25) is 4.79 Å². The van der Waals surface area contributed by atoms with E-state index in [0.29, 0.717) is 5.56 Å². The van der Waals surface area contributed by atoms with E-state index in [0.717, 1.165) is 31.4 Å². The zero-order chi connectivity index (χ0) is 14.8. The molecule has 5 heteroatoms. The van der Waals surface area contributed by atoms with Crippen molar-refractivity contribution in [2.24, 2.45) is 0 Å². The number of hydrogen-bond acceptors (Lipinski definition) is 2. The molecule has 0 atom stereocenters. The Hall–Kier alpha value is -1.36. The van der Waals surface area contributed by atoms with Gasteiger partial charge in [0.1, 0.15) is 5.78 Å². The van der Waals surface area contributed by atoms with E-state index < -0.39 is 11.7 Å². The fraction of sp³-hybridized carbons (Fsp3) is 0.533. The number of benzene rings is 1. The van der Waals surface area contributed by atoms with Crippen LogP contribution < -0.4 is 0 Å². The summed E-state index contributed by atoms with van der Waals surface area (Å²) >= 11 is 0. The molecule has 0 bridgehead atoms. The first-order valence-electron chi connectivity index (χ1n) is 6.58. The zero-order valence-electron chi connectivity index (χ0n) is 11.3. The van der Waals surface area contributed by atoms with Gasteiger partial charge in [0.05, 0.1) is 11.2 Å². The molecule has 0 aromatic heterocycles. The van der Waals surface area contributed by atoms with Gasteiger partial charge in [0.15, 0.2) is 0 Å². The van der Waals surface area contributed by atoms with Crippen LogP contribution >= 0.6 is 0 Å². The maximum absolute atomic E-state index is 12.6. The van der Waals surface area contributed by atoms with Crippen LogP contribution in [0.3, 0.4) is 0 Å². The molecule has 1 aliphatic carbocycles. The highest BCUT2D eigenvalue weighted by atomic mass is 19.4. The summed E-state index contributed by atoms with van der Waals surface area (Å²) in [6.45, 7) is 0. The SMILES string of the molecule is COC1(CC(=O)Cc2cccc(C(F)(F)F)c2)CCC1. The Kier molecular flexibility index (Phi) is 4.18. The lowest BCUT2D eigenvalue weighted by Crippen LogP contribution is -2.41. The molecule has 0 spiro atoms. The minimum Gasteiger partial charge on any atom is -0.378 e. The molecule has 0 amide bonds. The maximum atomic E-state index is 12.6. The topological polar surface area (TPSA) is 26.3 Å². The van der Waals surface area contributed by atoms with Gasteiger partial charge in [-0.05, 0) is 30.9 Å². The lowest BCUT2D eigenvalue weighted by Gasteiger charge is -2.40. The maximum Gasteiger partial charge on any atom is 0.416 e. The summed E-state index contributed by atoms with van der Waals surface area (Å²) in [4.78, 5) is 12.0. The average Bonchev–Trinajstić information content (AvgIpc) is 2.33. The van der Waals surface area contributed by atoms with Gasteiger partial charge < -0.3 is 4.74 Å². The molecule has 20 heavy (non-hydrogen) atoms. The predicted molar refractivity (Wildman–Crippen MR) is 68.4 cm³/mol. The largest absolute Gasteiger partial charge is 0.416 e. The molecule has 1 aliphatic rings. The number of alkyl halides is 3. The molecule has 1 saturated carbocycles. The first-order chi connectivity index (χ1) is 9.35. The number of carbonyl (C=O) groups is 1. The molecule has 1 aromatic carbocycles. The van der Waals surface area contributed by atoms with E-state index in [1.807, 2.05) is 0 Å². The third-order valence-corrected chi connectivity index (χ3v) is 3.87. The summed E-state index contributed by atoms with van der Waals surface area (Å²) in [6.07, 6.45) is -1.35. The summed E-state index contributed by atoms with van der Waals surface area (Å²) in [5.41, 5.74) is -0.693. The summed E-state index contributed by atoms with van der Waals surface area (Å²) in [7, 11) is 1.58. The summed E-state index contributed by atoms with van der Waals surface area (Å²) in [5, 5.41) is 0. The summed E-state index contributed by atoms with van der Waals surface area (Å²) in [6, 6.07) is 4.93. The average molecular weight is 286 g/mol. The number of halogens is 3. The van der Waals surface area contributed by atoms with Gasteiger partial charge in [0.25, 0.3) is 0 Å². The Morgan fingerprint density at radius 2 is 2.05 bits per heavy atom. The van der Waals surface area contributed by atoms with Crippen LogP contribution in [0.15, 0.2) is 24.3 Å². The van der Waals surface area contributed by atoms with Gasteiger partial charge in [-0.25, -0.2) is 0 Å². The normalized spacial score (nSPS) is 17.6. The minimum atomic E-state index is -4.37. The molecule has 0 aliphatic heterocycles. The number of carbonyl (C=O) groups excluding carboxylic acids is 1. The van der Waals surface area contributed by atoms with Gasteiger partial charge in [-0.15, -0.1) is 0 Å². The predicted octanol–water partition coefficient (Wildman–Crippen LogP) is 3.78. The molecule has 2 rings (SSSR count). The molecule has 2 nitrogen and oxygen atoms in total. The van der Waals surface area contributed by atoms with Gasteiger partial charge >= 0.3 is 6.18 Å². The van der Waals surface area contributed by atoms with Crippen LogP contribution in [0.4, 0.5) is 13.2 Å². The molecule has 1 aromatic rings. The van der Waals surface area contributed by atoms with Crippen LogP contribution in [0.25, 0.3) is 0 Å². The van der Waals surface area contributed by atoms with E-state index >= 15 is 0 Å². The van der Waals surface area contributed by atoms with E-state index in [1.54, 1.807) is 13.2 Å². The standard InChI is InChI=1S/C15H17F3O2/c1-20-14(6-3-7-14)10-13(19)9-11-4-2-5-12(8-11)15(16,17)18/h2,4-5,8H,3,6-7,9-10H2,1H3. The second kappa shape index (κ2) is 5.56. The number of rotatable bonds is 5. The van der Waals surface area contributed by atoms with E-state index in [4.69, 9.17) is 4.74 Å². The molecule has 1 fully saturated rings. The second-order valence-corrected chi connectivity index (χ2v) is 5.33. The molecule has 0 saturated heterocycles. The zero-order valence-corrected chi connectivity index (χ0v) is 11.3. The van der Waals surface area contributed by atoms with Crippen molar-refractivity contribution < 1.29 is 22.7 Å². The lowest BCUT2D eigenvalue weighted by atomic mass is 9.76. The van der Waals surface area contributed by atoms with E-state index in [-0.39, 0.29) is 24.2 Å². The van der Waals surface area contributed by atoms with Crippen molar-refractivity contribution >= 4 is 5.78 Å². The number of ketones is 1. The monoisotopic (exact) mass is 286 g/mol. The third kappa shape index (κ3) is 3.39. The highest BCUT2D eigenvalue weighted by molar-refractivity contribution is 5.82. The molecule has 0 radical (unpaired) electrons. The van der Waals surface area contributed by atoms with Crippen molar-refractivity contribution in [1.82, 2.24) is 0 Å². The van der Waals surface area contributed by atoms with E-state index in [1.165, 1.54) is 6.07 Å². The Morgan fingerprint density at radius 1 is 1.35 bits per heavy atom. The summed E-state index contributed by atoms with van der Waals surface area (Å²) in [5.74, 6) is -0.0779. The highest BCUT2D eigenvalue weighted by Crippen LogP contribution is 2.38. The van der Waals surface area contributed by atoms with Crippen molar-refractivity contribution in [3.05, 3.63) is 35.4 Å². The Bertz CT molecular complexity index is 485. The van der Waals surface area contributed by atoms with Gasteiger partial charge in [-0.1, -0.05) is 18.2 Å². The van der Waals surface area contributed by atoms with Crippen LogP contribution in [0.1, 0.15) is 36.8 Å². The minimum absolute atomic E-state index is 0.0228. The molecule has 0 N–H and O–H groups in total. The van der Waals surface area contributed by atoms with Crippen LogP contribution in [0.5, 0.6) is 0 Å². The Balaban J connectivity index is 2.01. The van der Waals surface area contributed by atoms with E-state index in [9.17, 15) is 18.0 Å². The number of methoxy groups -OCH3 is 1. The van der Waals surface area contributed by atoms with Gasteiger partial charge in [0, 0.05) is 20.0 Å². The quantitative estimate of drug-likeness (QED) is 0.823. The molecule has 0 unspecified atom stereocenters. The fourth-order valence-electron chi connectivity index (χ4n) is 2.53. The van der Waals surface area contributed by atoms with Crippen molar-refractivity contribution in [3.8, 4) is 0 Å². The van der Waals surface area contributed by atoms with Crippen molar-refractivity contribution in [3.63, 3.8) is 0 Å². The van der Waals surface area contributed by atoms with Crippen molar-refractivity contribution in [2.45, 2.75) is 43.9 Å². The number of Topliss-reactive ketones (excluding diaryl/α,β-unsaturated/α-hetero) is 1. The third-order valence-electron chi connectivity index (χ3n) is 3.87. The van der Waals surface area contributed by atoms with Crippen LogP contribution in [0.2, 0.25) is 0 Å². The molecule has 0 heterocycles. The van der Waals surface area contributed by atoms with Gasteiger partial charge in [-0.2, -0.15) is 13.2 Å². The fourth-order valence-corrected chi connectivity index (χ4v) is 2.53. The highest BCUT2D eigenvalue weighted by Gasteiger charge is 2.38. The smallest absolute Gasteiger partial charge is 0.378 e. The van der Waals surface area contributed by atoms with Crippen LogP contribution in [-0.4, -0.2) is 18.5 Å². The lowest BCUT2D eigenvalue weighted by molar-refractivity contribution is -0.138. The van der Waals surface area contributed by atoms with Crippen molar-refractivity contribution in [1.29, 1.82) is 0 Å². The van der Waals surface area contributed by atoms with Crippen LogP contribution in [-0.2, 0) is 22.1 Å². The molecule has 110 valence electrons. The first-order valence-corrected chi connectivity index (χ1v) is 6.58. The number of ether oxygens (including phenoxy) is 1.